The van der Waals surface area contributed by atoms with Crippen LogP contribution < -0.4 is 0 Å². The fourth-order valence-electron chi connectivity index (χ4n) is 2.44. The second-order valence-electron chi connectivity index (χ2n) is 7.02. The highest BCUT2D eigenvalue weighted by Crippen LogP contribution is 2.22. The maximum absolute atomic E-state index is 14.0. The van der Waals surface area contributed by atoms with Crippen molar-refractivity contribution in [3.05, 3.63) is 59.7 Å². The lowest BCUT2D eigenvalue weighted by molar-refractivity contribution is 0.00394. The Bertz CT molecular complexity index is 1000. The second-order valence-corrected chi connectivity index (χ2v) is 10.3. The van der Waals surface area contributed by atoms with Crippen LogP contribution in [0.2, 0.25) is 0 Å². The molecule has 0 aliphatic rings. The van der Waals surface area contributed by atoms with Gasteiger partial charge in [0.05, 0.1) is 9.79 Å². The first-order chi connectivity index (χ1) is 14.8. The molecule has 2 aromatic rings. The Hall–Kier alpha value is -2.02. The summed E-state index contributed by atoms with van der Waals surface area (Å²) >= 11 is 0. The molecule has 0 bridgehead atoms. The molecule has 0 spiro atoms. The summed E-state index contributed by atoms with van der Waals surface area (Å²) in [4.78, 5) is -0.638. The van der Waals surface area contributed by atoms with Gasteiger partial charge in [0.2, 0.25) is 0 Å². The SMILES string of the molecule is Cc1ccc(S(=O)(=O)OC[C@@H](F)[C@@H](F)[C@H](F)[C@H](F)COS(=O)(=O)c2ccc(C)cc2)cc1. The second kappa shape index (κ2) is 10.7. The van der Waals surface area contributed by atoms with Crippen LogP contribution in [-0.2, 0) is 28.6 Å². The third-order valence-electron chi connectivity index (χ3n) is 4.38. The fourth-order valence-corrected chi connectivity index (χ4v) is 4.27. The molecule has 12 heteroatoms. The van der Waals surface area contributed by atoms with Crippen molar-refractivity contribution >= 4 is 20.2 Å². The van der Waals surface area contributed by atoms with Crippen molar-refractivity contribution in [2.24, 2.45) is 0 Å². The lowest BCUT2D eigenvalue weighted by atomic mass is 10.1. The van der Waals surface area contributed by atoms with Crippen LogP contribution in [0.1, 0.15) is 11.1 Å². The molecule has 0 saturated heterocycles. The van der Waals surface area contributed by atoms with Gasteiger partial charge in [0.25, 0.3) is 20.2 Å². The van der Waals surface area contributed by atoms with Gasteiger partial charge < -0.3 is 0 Å². The molecule has 0 N–H and O–H groups in total. The summed E-state index contributed by atoms with van der Waals surface area (Å²) in [6, 6.07) is 10.6. The number of alkyl halides is 4. The molecule has 2 rings (SSSR count). The van der Waals surface area contributed by atoms with E-state index < -0.39 is 58.1 Å². The van der Waals surface area contributed by atoms with E-state index >= 15 is 0 Å². The molecular weight excluding hydrogens is 476 g/mol. The van der Waals surface area contributed by atoms with Crippen LogP contribution in [0.3, 0.4) is 0 Å². The Balaban J connectivity index is 1.91. The number of rotatable bonds is 11. The van der Waals surface area contributed by atoms with Crippen LogP contribution in [0.4, 0.5) is 17.6 Å². The summed E-state index contributed by atoms with van der Waals surface area (Å²) in [5.74, 6) is 0. The number of aryl methyl sites for hydroxylation is 2. The maximum Gasteiger partial charge on any atom is 0.297 e. The van der Waals surface area contributed by atoms with Crippen molar-refractivity contribution in [3.63, 3.8) is 0 Å². The lowest BCUT2D eigenvalue weighted by Gasteiger charge is -2.20. The molecule has 0 aromatic heterocycles. The molecule has 6 nitrogen and oxygen atoms in total. The van der Waals surface area contributed by atoms with Crippen molar-refractivity contribution in [3.8, 4) is 0 Å². The fraction of sp³-hybridized carbons (Fsp3) is 0.400. The minimum Gasteiger partial charge on any atom is -0.263 e. The Kier molecular flexibility index (Phi) is 8.80. The average Bonchev–Trinajstić information content (AvgIpc) is 2.75. The maximum atomic E-state index is 14.0. The number of hydrogen-bond acceptors (Lipinski definition) is 6. The molecule has 4 atom stereocenters. The van der Waals surface area contributed by atoms with Gasteiger partial charge in [0, 0.05) is 0 Å². The van der Waals surface area contributed by atoms with E-state index in [1.54, 1.807) is 13.8 Å². The van der Waals surface area contributed by atoms with E-state index in [9.17, 15) is 34.4 Å². The Morgan fingerprint density at radius 1 is 0.625 bits per heavy atom. The van der Waals surface area contributed by atoms with E-state index in [0.29, 0.717) is 0 Å². The molecule has 0 radical (unpaired) electrons. The molecule has 0 saturated carbocycles. The van der Waals surface area contributed by atoms with Gasteiger partial charge in [-0.05, 0) is 38.1 Å². The van der Waals surface area contributed by atoms with Gasteiger partial charge in [-0.2, -0.15) is 16.8 Å². The Labute approximate surface area is 184 Å². The summed E-state index contributed by atoms with van der Waals surface area (Å²) in [6.45, 7) is 0.611. The van der Waals surface area contributed by atoms with Crippen molar-refractivity contribution in [1.82, 2.24) is 0 Å². The van der Waals surface area contributed by atoms with Gasteiger partial charge in [0.1, 0.15) is 13.2 Å². The van der Waals surface area contributed by atoms with E-state index in [1.165, 1.54) is 48.5 Å². The van der Waals surface area contributed by atoms with Crippen LogP contribution in [0.5, 0.6) is 0 Å². The van der Waals surface area contributed by atoms with Crippen molar-refractivity contribution in [1.29, 1.82) is 0 Å². The first-order valence-corrected chi connectivity index (χ1v) is 12.1. The normalized spacial score (nSPS) is 16.3. The van der Waals surface area contributed by atoms with Crippen molar-refractivity contribution in [2.75, 3.05) is 13.2 Å². The average molecular weight is 499 g/mol. The number of benzene rings is 2. The predicted octanol–water partition coefficient (Wildman–Crippen LogP) is 3.77. The topological polar surface area (TPSA) is 86.7 Å². The largest absolute Gasteiger partial charge is 0.297 e. The highest BCUT2D eigenvalue weighted by atomic mass is 32.2. The molecule has 2 aromatic carbocycles. The lowest BCUT2D eigenvalue weighted by Crippen LogP contribution is -2.39. The van der Waals surface area contributed by atoms with Gasteiger partial charge in [0.15, 0.2) is 24.7 Å². The van der Waals surface area contributed by atoms with E-state index in [2.05, 4.69) is 8.37 Å². The molecule has 178 valence electrons. The summed E-state index contributed by atoms with van der Waals surface area (Å²) in [5.41, 5.74) is 1.49. The number of hydrogen-bond donors (Lipinski definition) is 0. The van der Waals surface area contributed by atoms with Crippen LogP contribution in [0.25, 0.3) is 0 Å². The smallest absolute Gasteiger partial charge is 0.263 e. The molecule has 0 aliphatic carbocycles. The molecule has 0 aliphatic heterocycles. The minimum absolute atomic E-state index is 0.319. The minimum atomic E-state index is -4.44. The van der Waals surface area contributed by atoms with E-state index in [4.69, 9.17) is 0 Å². The summed E-state index contributed by atoms with van der Waals surface area (Å²) in [6.07, 6.45) is -11.9. The highest BCUT2D eigenvalue weighted by molar-refractivity contribution is 7.87. The molecule has 0 fully saturated rings. The van der Waals surface area contributed by atoms with Gasteiger partial charge in [-0.3, -0.25) is 8.37 Å². The predicted molar refractivity (Wildman–Crippen MR) is 108 cm³/mol. The molecular formula is C20H22F4O6S2. The molecule has 0 heterocycles. The Morgan fingerprint density at radius 3 is 1.19 bits per heavy atom. The van der Waals surface area contributed by atoms with Crippen LogP contribution in [-0.4, -0.2) is 54.7 Å². The monoisotopic (exact) mass is 498 g/mol. The first kappa shape index (κ1) is 26.2. The van der Waals surface area contributed by atoms with Crippen LogP contribution >= 0.6 is 0 Å². The van der Waals surface area contributed by atoms with Gasteiger partial charge in [-0.1, -0.05) is 35.4 Å². The van der Waals surface area contributed by atoms with Crippen molar-refractivity contribution in [2.45, 2.75) is 48.3 Å². The van der Waals surface area contributed by atoms with Crippen LogP contribution in [0.15, 0.2) is 58.3 Å². The van der Waals surface area contributed by atoms with Crippen molar-refractivity contribution < 1.29 is 42.8 Å². The zero-order valence-corrected chi connectivity index (χ0v) is 18.8. The summed E-state index contributed by atoms with van der Waals surface area (Å²) in [5, 5.41) is 0. The number of halogens is 4. The van der Waals surface area contributed by atoms with Crippen LogP contribution in [0, 0.1) is 13.8 Å². The summed E-state index contributed by atoms with van der Waals surface area (Å²) in [7, 11) is -8.88. The quantitative estimate of drug-likeness (QED) is 0.346. The zero-order chi connectivity index (χ0) is 24.1. The zero-order valence-electron chi connectivity index (χ0n) is 17.1. The van der Waals surface area contributed by atoms with Gasteiger partial charge >= 0.3 is 0 Å². The molecule has 0 unspecified atom stereocenters. The van der Waals surface area contributed by atoms with Gasteiger partial charge in [-0.15, -0.1) is 0 Å². The van der Waals surface area contributed by atoms with Gasteiger partial charge in [-0.25, -0.2) is 17.6 Å². The van der Waals surface area contributed by atoms with E-state index in [1.807, 2.05) is 0 Å². The van der Waals surface area contributed by atoms with E-state index in [0.717, 1.165) is 11.1 Å². The summed E-state index contributed by atoms with van der Waals surface area (Å²) < 4.78 is 113. The van der Waals surface area contributed by atoms with E-state index in [-0.39, 0.29) is 9.79 Å². The molecule has 0 amide bonds. The standard InChI is InChI=1S/C20H22F4O6S2/c1-13-3-7-15(8-4-13)31(25,26)29-11-17(21)19(23)20(24)18(22)12-30-32(27,28)16-9-5-14(2)6-10-16/h3-10,17-20H,11-12H2,1-2H3/t17-,18-,19-,20-/m1/s1. The third-order valence-corrected chi connectivity index (χ3v) is 6.97. The third kappa shape index (κ3) is 6.99. The Morgan fingerprint density at radius 2 is 0.906 bits per heavy atom. The highest BCUT2D eigenvalue weighted by Gasteiger charge is 2.38. The first-order valence-electron chi connectivity index (χ1n) is 9.32. The molecule has 32 heavy (non-hydrogen) atoms.